The quantitative estimate of drug-likeness (QED) is 0.123. The molecule has 3 N–H and O–H groups in total. The topological polar surface area (TPSA) is 128 Å². The first-order chi connectivity index (χ1) is 21.4. The largest absolute Gasteiger partial charge is 0.390 e. The fourth-order valence-corrected chi connectivity index (χ4v) is 4.50. The summed E-state index contributed by atoms with van der Waals surface area (Å²) in [6.07, 6.45) is 3.74. The number of hydrogen-bond acceptors (Lipinski definition) is 7. The van der Waals surface area contributed by atoms with Gasteiger partial charge in [0.05, 0.1) is 62.0 Å². The predicted molar refractivity (Wildman–Crippen MR) is 166 cm³/mol. The highest BCUT2D eigenvalue weighted by molar-refractivity contribution is 6.32. The molecule has 228 valence electrons. The number of ether oxygens (including phenoxy) is 2. The molecule has 0 saturated carbocycles. The van der Waals surface area contributed by atoms with E-state index in [1.165, 1.54) is 24.4 Å². The molecular weight excluding hydrogens is 592 g/mol. The molecule has 1 heterocycles. The van der Waals surface area contributed by atoms with Crippen LogP contribution in [0.4, 0.5) is 14.5 Å². The highest BCUT2D eigenvalue weighted by Gasteiger charge is 2.26. The molecule has 0 aliphatic carbocycles. The number of aldehydes is 1. The van der Waals surface area contributed by atoms with Crippen molar-refractivity contribution in [2.75, 3.05) is 39.5 Å². The predicted octanol–water partition coefficient (Wildman–Crippen LogP) is 4.81. The first-order valence-electron chi connectivity index (χ1n) is 13.7. The van der Waals surface area contributed by atoms with E-state index in [4.69, 9.17) is 31.8 Å². The molecule has 0 atom stereocenters. The van der Waals surface area contributed by atoms with Gasteiger partial charge >= 0.3 is 0 Å². The van der Waals surface area contributed by atoms with Crippen molar-refractivity contribution < 1.29 is 27.8 Å². The Balaban J connectivity index is 1.56. The van der Waals surface area contributed by atoms with E-state index < -0.39 is 11.6 Å². The highest BCUT2D eigenvalue weighted by Crippen LogP contribution is 2.30. The van der Waals surface area contributed by atoms with Crippen molar-refractivity contribution >= 4 is 47.2 Å². The Morgan fingerprint density at radius 1 is 1.00 bits per heavy atom. The summed E-state index contributed by atoms with van der Waals surface area (Å²) < 4.78 is 40.4. The Morgan fingerprint density at radius 2 is 1.73 bits per heavy atom. The van der Waals surface area contributed by atoms with Crippen LogP contribution in [0.15, 0.2) is 87.4 Å². The molecule has 0 radical (unpaired) electrons. The zero-order valence-electron chi connectivity index (χ0n) is 23.6. The number of hydrogen-bond donors (Lipinski definition) is 2. The second-order valence-electron chi connectivity index (χ2n) is 9.35. The normalized spacial score (nSPS) is 14.8. The van der Waals surface area contributed by atoms with E-state index in [1.807, 2.05) is 0 Å². The van der Waals surface area contributed by atoms with Crippen molar-refractivity contribution in [1.82, 2.24) is 5.32 Å². The van der Waals surface area contributed by atoms with Crippen LogP contribution in [-0.2, 0) is 14.3 Å². The third-order valence-corrected chi connectivity index (χ3v) is 6.61. The van der Waals surface area contributed by atoms with Gasteiger partial charge in [0.15, 0.2) is 0 Å². The molecule has 3 aromatic carbocycles. The minimum Gasteiger partial charge on any atom is -0.390 e. The van der Waals surface area contributed by atoms with E-state index in [2.05, 4.69) is 15.3 Å². The molecule has 0 unspecified atom stereocenters. The van der Waals surface area contributed by atoms with Crippen LogP contribution in [0.1, 0.15) is 33.5 Å². The number of halogens is 3. The van der Waals surface area contributed by atoms with Crippen molar-refractivity contribution in [3.63, 3.8) is 0 Å². The summed E-state index contributed by atoms with van der Waals surface area (Å²) in [6, 6.07) is 15.2. The van der Waals surface area contributed by atoms with Crippen LogP contribution in [0, 0.1) is 11.6 Å². The number of carbonyl (C=O) groups excluding carboxylic acids is 2. The van der Waals surface area contributed by atoms with E-state index in [9.17, 15) is 18.4 Å². The minimum absolute atomic E-state index is 0.000983. The lowest BCUT2D eigenvalue weighted by Crippen LogP contribution is -2.27. The number of rotatable bonds is 13. The summed E-state index contributed by atoms with van der Waals surface area (Å²) in [6.45, 7) is 1.68. The van der Waals surface area contributed by atoms with Gasteiger partial charge in [-0.2, -0.15) is 0 Å². The van der Waals surface area contributed by atoms with Crippen LogP contribution in [0.3, 0.4) is 0 Å². The van der Waals surface area contributed by atoms with Crippen molar-refractivity contribution in [2.45, 2.75) is 6.42 Å². The Bertz CT molecular complexity index is 1590. The zero-order chi connectivity index (χ0) is 31.3. The van der Waals surface area contributed by atoms with Gasteiger partial charge in [-0.05, 0) is 48.5 Å². The molecule has 3 aromatic rings. The lowest BCUT2D eigenvalue weighted by atomic mass is 9.93. The molecule has 4 rings (SSSR count). The molecule has 0 bridgehead atoms. The van der Waals surface area contributed by atoms with Crippen molar-refractivity contribution in [3.05, 3.63) is 111 Å². The standard InChI is InChI=1S/C32H30ClF2N5O4/c33-23-7-10-25-26(17-23)31(29-27(34)3-1-4-28(29)35)39-19-22(18-37-20-36)30(25)40-24-8-5-21(6-9-24)32(42)38-11-14-44-16-15-43-13-2-12-41/h1,3-10,12,17-18,20H,2,11,13-16,19H2,(H2,36,37)(H,38,42)/b22-18-,40-30?. The Labute approximate surface area is 258 Å². The van der Waals surface area contributed by atoms with Crippen LogP contribution in [0.5, 0.6) is 0 Å². The first kappa shape index (κ1) is 32.3. The number of benzene rings is 3. The Kier molecular flexibility index (Phi) is 12.0. The first-order valence-corrected chi connectivity index (χ1v) is 14.1. The van der Waals surface area contributed by atoms with E-state index in [1.54, 1.807) is 42.5 Å². The summed E-state index contributed by atoms with van der Waals surface area (Å²) in [5, 5.41) is 3.14. The SMILES string of the molecule is NC=N/C=C1/CN=C(c2c(F)cccc2F)c2cc(Cl)ccc2C1=Nc1ccc(C(=O)NCCOCCOCCC=O)cc1. The van der Waals surface area contributed by atoms with Gasteiger partial charge in [-0.3, -0.25) is 9.79 Å². The molecule has 12 heteroatoms. The van der Waals surface area contributed by atoms with Crippen LogP contribution in [0.2, 0.25) is 5.02 Å². The number of fused-ring (bicyclic) bond motifs is 1. The molecule has 0 saturated heterocycles. The fourth-order valence-electron chi connectivity index (χ4n) is 4.33. The summed E-state index contributed by atoms with van der Waals surface area (Å²) in [5.74, 6) is -1.81. The van der Waals surface area contributed by atoms with Crippen LogP contribution in [-0.4, -0.2) is 69.5 Å². The maximum Gasteiger partial charge on any atom is 0.251 e. The fraction of sp³-hybridized carbons (Fsp3) is 0.219. The number of aliphatic imine (C=N–C) groups is 3. The molecule has 1 aliphatic heterocycles. The molecule has 1 amide bonds. The van der Waals surface area contributed by atoms with Gasteiger partial charge in [0.25, 0.3) is 5.91 Å². The Hall–Kier alpha value is -4.58. The van der Waals surface area contributed by atoms with E-state index in [-0.39, 0.29) is 23.7 Å². The highest BCUT2D eigenvalue weighted by atomic mass is 35.5. The number of amides is 1. The smallest absolute Gasteiger partial charge is 0.251 e. The average molecular weight is 622 g/mol. The maximum absolute atomic E-state index is 14.9. The lowest BCUT2D eigenvalue weighted by Gasteiger charge is -2.13. The van der Waals surface area contributed by atoms with Crippen LogP contribution < -0.4 is 11.1 Å². The summed E-state index contributed by atoms with van der Waals surface area (Å²) in [4.78, 5) is 36.3. The molecule has 44 heavy (non-hydrogen) atoms. The molecule has 9 nitrogen and oxygen atoms in total. The van der Waals surface area contributed by atoms with Gasteiger partial charge in [-0.25, -0.2) is 18.8 Å². The van der Waals surface area contributed by atoms with E-state index in [0.717, 1.165) is 12.6 Å². The summed E-state index contributed by atoms with van der Waals surface area (Å²) in [7, 11) is 0. The third-order valence-electron chi connectivity index (χ3n) is 6.37. The average Bonchev–Trinajstić information content (AvgIpc) is 3.16. The monoisotopic (exact) mass is 621 g/mol. The minimum atomic E-state index is -0.763. The van der Waals surface area contributed by atoms with Crippen LogP contribution in [0.25, 0.3) is 0 Å². The van der Waals surface area contributed by atoms with Gasteiger partial charge in [0, 0.05) is 46.5 Å². The second-order valence-corrected chi connectivity index (χ2v) is 9.78. The maximum atomic E-state index is 14.9. The van der Waals surface area contributed by atoms with Crippen molar-refractivity contribution in [1.29, 1.82) is 0 Å². The van der Waals surface area contributed by atoms with E-state index >= 15 is 0 Å². The third kappa shape index (κ3) is 8.50. The molecule has 0 fully saturated rings. The van der Waals surface area contributed by atoms with Gasteiger partial charge in [0.2, 0.25) is 0 Å². The van der Waals surface area contributed by atoms with Crippen molar-refractivity contribution in [2.24, 2.45) is 20.7 Å². The lowest BCUT2D eigenvalue weighted by molar-refractivity contribution is -0.108. The van der Waals surface area contributed by atoms with Gasteiger partial charge < -0.3 is 25.3 Å². The van der Waals surface area contributed by atoms with E-state index in [0.29, 0.717) is 78.1 Å². The molecular formula is C32H30ClF2N5O4. The van der Waals surface area contributed by atoms with Gasteiger partial charge in [0.1, 0.15) is 17.9 Å². The number of carbonyl (C=O) groups is 2. The summed E-state index contributed by atoms with van der Waals surface area (Å²) in [5.41, 5.74) is 8.15. The summed E-state index contributed by atoms with van der Waals surface area (Å²) >= 11 is 6.32. The number of nitrogens with one attached hydrogen (secondary N) is 1. The molecule has 1 aliphatic rings. The Morgan fingerprint density at radius 3 is 2.43 bits per heavy atom. The molecule has 0 aromatic heterocycles. The zero-order valence-corrected chi connectivity index (χ0v) is 24.4. The van der Waals surface area contributed by atoms with Gasteiger partial charge in [-0.1, -0.05) is 23.7 Å². The van der Waals surface area contributed by atoms with Crippen LogP contribution >= 0.6 is 11.6 Å². The van der Waals surface area contributed by atoms with Gasteiger partial charge in [-0.15, -0.1) is 0 Å². The second kappa shape index (κ2) is 16.3. The number of nitrogens with two attached hydrogens (primary N) is 1. The molecule has 0 spiro atoms. The number of nitrogens with zero attached hydrogens (tertiary/aromatic N) is 3. The van der Waals surface area contributed by atoms with Crippen molar-refractivity contribution in [3.8, 4) is 0 Å².